The highest BCUT2D eigenvalue weighted by Crippen LogP contribution is 2.32. The summed E-state index contributed by atoms with van der Waals surface area (Å²) in [6.45, 7) is 10.6. The number of ether oxygens (including phenoxy) is 3. The molecule has 2 aliphatic heterocycles. The molecule has 4 rings (SSSR count). The molecule has 3 atom stereocenters. The van der Waals surface area contributed by atoms with Crippen molar-refractivity contribution < 1.29 is 14.2 Å². The van der Waals surface area contributed by atoms with Crippen LogP contribution in [0.2, 0.25) is 5.15 Å². The summed E-state index contributed by atoms with van der Waals surface area (Å²) in [5.74, 6) is 0. The van der Waals surface area contributed by atoms with E-state index in [9.17, 15) is 0 Å². The maximum absolute atomic E-state index is 6.37. The Bertz CT molecular complexity index is 822. The number of halogens is 1. The monoisotopic (exact) mass is 422 g/mol. The van der Waals surface area contributed by atoms with Gasteiger partial charge in [0.05, 0.1) is 29.8 Å². The maximum atomic E-state index is 6.37. The van der Waals surface area contributed by atoms with Crippen LogP contribution in [-0.4, -0.2) is 70.1 Å². The normalized spacial score (nSPS) is 26.4. The summed E-state index contributed by atoms with van der Waals surface area (Å²) in [5.41, 5.74) is 0.736. The molecule has 0 radical (unpaired) electrons. The summed E-state index contributed by atoms with van der Waals surface area (Å²) in [6, 6.07) is 1.96. The van der Waals surface area contributed by atoms with Gasteiger partial charge in [-0.3, -0.25) is 4.90 Å². The van der Waals surface area contributed by atoms with Crippen molar-refractivity contribution in [2.24, 2.45) is 0 Å². The fourth-order valence-corrected chi connectivity index (χ4v) is 4.29. The highest BCUT2D eigenvalue weighted by molar-refractivity contribution is 6.33. The van der Waals surface area contributed by atoms with Crippen molar-refractivity contribution in [2.45, 2.75) is 64.1 Å². The molecule has 8 heteroatoms. The summed E-state index contributed by atoms with van der Waals surface area (Å²) in [5, 5.41) is 1.35. The average Bonchev–Trinajstić information content (AvgIpc) is 3.28. The fraction of sp³-hybridized carbons (Fsp3) is 0.714. The SMILES string of the molecule is CC(C)(C)OCCC1CN(CC2CCC(n3ccc4c(Cl)ncnc43)O2)CCO1. The molecule has 2 aromatic rings. The van der Waals surface area contributed by atoms with Crippen molar-refractivity contribution in [1.82, 2.24) is 19.4 Å². The van der Waals surface area contributed by atoms with Crippen LogP contribution >= 0.6 is 11.6 Å². The minimum atomic E-state index is -0.0984. The van der Waals surface area contributed by atoms with Crippen LogP contribution in [0.25, 0.3) is 11.0 Å². The van der Waals surface area contributed by atoms with Gasteiger partial charge in [-0.15, -0.1) is 0 Å². The van der Waals surface area contributed by atoms with Gasteiger partial charge >= 0.3 is 0 Å². The lowest BCUT2D eigenvalue weighted by atomic mass is 10.1. The molecular formula is C21H31ClN4O3. The smallest absolute Gasteiger partial charge is 0.146 e. The first-order chi connectivity index (χ1) is 13.9. The van der Waals surface area contributed by atoms with Crippen LogP contribution in [0, 0.1) is 0 Å². The molecule has 0 spiro atoms. The Morgan fingerprint density at radius 3 is 2.93 bits per heavy atom. The van der Waals surface area contributed by atoms with Gasteiger partial charge in [0.1, 0.15) is 23.4 Å². The van der Waals surface area contributed by atoms with E-state index in [0.29, 0.717) is 5.15 Å². The lowest BCUT2D eigenvalue weighted by molar-refractivity contribution is -0.0768. The predicted molar refractivity (Wildman–Crippen MR) is 112 cm³/mol. The molecule has 0 bridgehead atoms. The van der Waals surface area contributed by atoms with Crippen LogP contribution in [0.15, 0.2) is 18.6 Å². The standard InChI is InChI=1S/C21H31ClN4O3/c1-21(2,3)28-10-7-15-12-25(9-11-27-15)13-16-4-5-18(29-16)26-8-6-17-19(22)23-14-24-20(17)26/h6,8,14-16,18H,4-5,7,9-13H2,1-3H3. The van der Waals surface area contributed by atoms with Gasteiger partial charge in [0, 0.05) is 32.4 Å². The minimum absolute atomic E-state index is 0.000453. The third kappa shape index (κ3) is 5.27. The van der Waals surface area contributed by atoms with Gasteiger partial charge in [0.2, 0.25) is 0 Å². The van der Waals surface area contributed by atoms with Gasteiger partial charge < -0.3 is 18.8 Å². The number of morpholine rings is 1. The van der Waals surface area contributed by atoms with E-state index in [1.165, 1.54) is 6.33 Å². The number of hydrogen-bond acceptors (Lipinski definition) is 6. The molecule has 29 heavy (non-hydrogen) atoms. The van der Waals surface area contributed by atoms with Crippen LogP contribution < -0.4 is 0 Å². The van der Waals surface area contributed by atoms with Crippen LogP contribution in [-0.2, 0) is 14.2 Å². The Morgan fingerprint density at radius 1 is 1.24 bits per heavy atom. The van der Waals surface area contributed by atoms with E-state index in [-0.39, 0.29) is 24.0 Å². The van der Waals surface area contributed by atoms with Gasteiger partial charge in [0.25, 0.3) is 0 Å². The fourth-order valence-electron chi connectivity index (χ4n) is 4.10. The minimum Gasteiger partial charge on any atom is -0.376 e. The second kappa shape index (κ2) is 8.86. The quantitative estimate of drug-likeness (QED) is 0.662. The molecule has 3 unspecified atom stereocenters. The Kier molecular flexibility index (Phi) is 6.41. The van der Waals surface area contributed by atoms with Crippen molar-refractivity contribution in [3.8, 4) is 0 Å². The Balaban J connectivity index is 1.29. The first kappa shape index (κ1) is 21.0. The Morgan fingerprint density at radius 2 is 2.10 bits per heavy atom. The molecule has 2 saturated heterocycles. The lowest BCUT2D eigenvalue weighted by Crippen LogP contribution is -2.46. The van der Waals surface area contributed by atoms with Crippen molar-refractivity contribution in [2.75, 3.05) is 32.8 Å². The van der Waals surface area contributed by atoms with E-state index in [0.717, 1.165) is 63.1 Å². The summed E-state index contributed by atoms with van der Waals surface area (Å²) in [6.07, 6.45) is 6.90. The van der Waals surface area contributed by atoms with Crippen LogP contribution in [0.1, 0.15) is 46.3 Å². The first-order valence-electron chi connectivity index (χ1n) is 10.5. The number of rotatable bonds is 6. The van der Waals surface area contributed by atoms with Crippen LogP contribution in [0.5, 0.6) is 0 Å². The summed E-state index contributed by atoms with van der Waals surface area (Å²) in [4.78, 5) is 10.9. The maximum Gasteiger partial charge on any atom is 0.146 e. The molecule has 160 valence electrons. The molecule has 7 nitrogen and oxygen atoms in total. The van der Waals surface area contributed by atoms with Crippen LogP contribution in [0.3, 0.4) is 0 Å². The van der Waals surface area contributed by atoms with E-state index in [1.54, 1.807) is 0 Å². The zero-order valence-electron chi connectivity index (χ0n) is 17.5. The van der Waals surface area contributed by atoms with E-state index in [1.807, 2.05) is 12.3 Å². The molecule has 2 fully saturated rings. The largest absolute Gasteiger partial charge is 0.376 e. The van der Waals surface area contributed by atoms with E-state index in [2.05, 4.69) is 40.2 Å². The average molecular weight is 423 g/mol. The number of aromatic nitrogens is 3. The predicted octanol–water partition coefficient (Wildman–Crippen LogP) is 3.67. The van der Waals surface area contributed by atoms with Gasteiger partial charge in [-0.05, 0) is 46.1 Å². The highest BCUT2D eigenvalue weighted by Gasteiger charge is 2.31. The summed E-state index contributed by atoms with van der Waals surface area (Å²) in [7, 11) is 0. The van der Waals surface area contributed by atoms with E-state index >= 15 is 0 Å². The summed E-state index contributed by atoms with van der Waals surface area (Å²) >= 11 is 6.18. The third-order valence-corrected chi connectivity index (χ3v) is 5.82. The second-order valence-corrected chi connectivity index (χ2v) is 9.27. The van der Waals surface area contributed by atoms with Crippen molar-refractivity contribution in [3.63, 3.8) is 0 Å². The van der Waals surface area contributed by atoms with Crippen molar-refractivity contribution in [3.05, 3.63) is 23.7 Å². The molecule has 2 aromatic heterocycles. The zero-order chi connectivity index (χ0) is 20.4. The van der Waals surface area contributed by atoms with Gasteiger partial charge in [-0.25, -0.2) is 9.97 Å². The first-order valence-corrected chi connectivity index (χ1v) is 10.9. The molecule has 0 saturated carbocycles. The third-order valence-electron chi connectivity index (χ3n) is 5.52. The van der Waals surface area contributed by atoms with Crippen molar-refractivity contribution in [1.29, 1.82) is 0 Å². The zero-order valence-corrected chi connectivity index (χ0v) is 18.3. The van der Waals surface area contributed by atoms with Gasteiger partial charge in [0.15, 0.2) is 0 Å². The van der Waals surface area contributed by atoms with Gasteiger partial charge in [-0.2, -0.15) is 0 Å². The number of nitrogens with zero attached hydrogens (tertiary/aromatic N) is 4. The molecule has 0 amide bonds. The van der Waals surface area contributed by atoms with E-state index in [4.69, 9.17) is 25.8 Å². The Hall–Kier alpha value is -1.25. The number of fused-ring (bicyclic) bond motifs is 1. The number of hydrogen-bond donors (Lipinski definition) is 0. The highest BCUT2D eigenvalue weighted by atomic mass is 35.5. The molecule has 0 N–H and O–H groups in total. The van der Waals surface area contributed by atoms with Gasteiger partial charge in [-0.1, -0.05) is 11.6 Å². The summed E-state index contributed by atoms with van der Waals surface area (Å²) < 4.78 is 20.2. The molecular weight excluding hydrogens is 392 g/mol. The molecule has 4 heterocycles. The molecule has 0 aromatic carbocycles. The topological polar surface area (TPSA) is 61.6 Å². The van der Waals surface area contributed by atoms with E-state index < -0.39 is 0 Å². The van der Waals surface area contributed by atoms with Crippen molar-refractivity contribution >= 4 is 22.6 Å². The molecule has 0 aliphatic carbocycles. The Labute approximate surface area is 177 Å². The van der Waals surface area contributed by atoms with Crippen LogP contribution in [0.4, 0.5) is 0 Å². The second-order valence-electron chi connectivity index (χ2n) is 8.92. The lowest BCUT2D eigenvalue weighted by Gasteiger charge is -2.34. The molecule has 2 aliphatic rings.